The topological polar surface area (TPSA) is 42.4 Å². The quantitative estimate of drug-likeness (QED) is 0.240. The van der Waals surface area contributed by atoms with E-state index in [2.05, 4.69) is 77.7 Å². The van der Waals surface area contributed by atoms with E-state index >= 15 is 0 Å². The molecule has 0 bridgehead atoms. The van der Waals surface area contributed by atoms with Gasteiger partial charge in [-0.05, 0) is 60.0 Å². The lowest BCUT2D eigenvalue weighted by atomic mass is 10.1. The Hall–Kier alpha value is -5.35. The Kier molecular flexibility index (Phi) is 4.79. The van der Waals surface area contributed by atoms with Crippen molar-refractivity contribution in [3.63, 3.8) is 0 Å². The molecule has 0 radical (unpaired) electrons. The number of nitrogens with zero attached hydrogens (tertiary/aromatic N) is 2. The minimum atomic E-state index is 0.604. The average molecular weight is 503 g/mol. The predicted octanol–water partition coefficient (Wildman–Crippen LogP) is 10.0. The first kappa shape index (κ1) is 21.7. The van der Waals surface area contributed by atoms with Gasteiger partial charge in [-0.2, -0.15) is 0 Å². The van der Waals surface area contributed by atoms with Gasteiger partial charge in [-0.15, -0.1) is 0 Å². The number of hydrogen-bond donors (Lipinski definition) is 0. The molecule has 0 amide bonds. The fourth-order valence-corrected chi connectivity index (χ4v) is 5.45. The number of benzene rings is 6. The number of furan rings is 1. The molecule has 0 saturated carbocycles. The van der Waals surface area contributed by atoms with Crippen LogP contribution in [0.1, 0.15) is 0 Å². The summed E-state index contributed by atoms with van der Waals surface area (Å²) in [6.45, 7) is 0. The highest BCUT2D eigenvalue weighted by atomic mass is 16.3. The van der Waals surface area contributed by atoms with Crippen LogP contribution in [0.25, 0.3) is 55.3 Å². The summed E-state index contributed by atoms with van der Waals surface area (Å²) in [6, 6.07) is 45.5. The molecule has 4 heteroatoms. The molecule has 0 atom stereocenters. The van der Waals surface area contributed by atoms with Gasteiger partial charge >= 0.3 is 0 Å². The molecule has 8 rings (SSSR count). The summed E-state index contributed by atoms with van der Waals surface area (Å²) in [6.07, 6.45) is 0. The number of rotatable bonds is 4. The van der Waals surface area contributed by atoms with E-state index < -0.39 is 0 Å². The van der Waals surface area contributed by atoms with Gasteiger partial charge in [0, 0.05) is 33.1 Å². The van der Waals surface area contributed by atoms with Crippen LogP contribution >= 0.6 is 0 Å². The van der Waals surface area contributed by atoms with Crippen LogP contribution in [-0.4, -0.2) is 4.98 Å². The Morgan fingerprint density at radius 1 is 0.513 bits per heavy atom. The lowest BCUT2D eigenvalue weighted by molar-refractivity contribution is 0.623. The summed E-state index contributed by atoms with van der Waals surface area (Å²) in [4.78, 5) is 7.34. The van der Waals surface area contributed by atoms with E-state index in [0.717, 1.165) is 66.4 Å². The molecule has 0 aliphatic carbocycles. The third-order valence-corrected chi connectivity index (χ3v) is 7.26. The summed E-state index contributed by atoms with van der Waals surface area (Å²) in [5.41, 5.74) is 7.28. The highest BCUT2D eigenvalue weighted by Crippen LogP contribution is 2.44. The van der Waals surface area contributed by atoms with Crippen LogP contribution in [0.3, 0.4) is 0 Å². The molecule has 2 heterocycles. The van der Waals surface area contributed by atoms with Crippen LogP contribution in [0.4, 0.5) is 17.1 Å². The molecule has 0 unspecified atom stereocenters. The highest BCUT2D eigenvalue weighted by Gasteiger charge is 2.22. The standard InChI is InChI=1S/C35H22N2O2/c1-3-11-23(12-4-1)35-36-33-30(21-24-13-7-8-16-27(24)34(33)39-35)37(25-14-5-2-6-15-25)26-19-20-32-29(22-26)28-17-9-10-18-31(28)38-32/h1-22H. The van der Waals surface area contributed by atoms with Gasteiger partial charge in [-0.1, -0.05) is 78.9 Å². The first-order valence-corrected chi connectivity index (χ1v) is 13.0. The first-order chi connectivity index (χ1) is 19.3. The molecule has 6 aromatic carbocycles. The number of aromatic nitrogens is 1. The van der Waals surface area contributed by atoms with E-state index in [9.17, 15) is 0 Å². The van der Waals surface area contributed by atoms with Gasteiger partial charge in [0.05, 0.1) is 5.69 Å². The minimum Gasteiger partial charge on any atom is -0.456 e. The van der Waals surface area contributed by atoms with Gasteiger partial charge in [0.1, 0.15) is 16.7 Å². The van der Waals surface area contributed by atoms with Gasteiger partial charge in [-0.3, -0.25) is 0 Å². The fraction of sp³-hybridized carbons (Fsp3) is 0. The second kappa shape index (κ2) is 8.61. The summed E-state index contributed by atoms with van der Waals surface area (Å²) >= 11 is 0. The van der Waals surface area contributed by atoms with Gasteiger partial charge < -0.3 is 13.7 Å². The highest BCUT2D eigenvalue weighted by molar-refractivity contribution is 6.12. The Morgan fingerprint density at radius 3 is 2.05 bits per heavy atom. The Morgan fingerprint density at radius 2 is 1.21 bits per heavy atom. The van der Waals surface area contributed by atoms with Crippen molar-refractivity contribution < 1.29 is 8.83 Å². The summed E-state index contributed by atoms with van der Waals surface area (Å²) in [7, 11) is 0. The van der Waals surface area contributed by atoms with Crippen molar-refractivity contribution in [2.24, 2.45) is 0 Å². The van der Waals surface area contributed by atoms with Crippen LogP contribution in [-0.2, 0) is 0 Å². The second-order valence-corrected chi connectivity index (χ2v) is 9.63. The van der Waals surface area contributed by atoms with E-state index in [0.29, 0.717) is 5.89 Å². The minimum absolute atomic E-state index is 0.604. The summed E-state index contributed by atoms with van der Waals surface area (Å²) < 4.78 is 12.6. The third-order valence-electron chi connectivity index (χ3n) is 7.26. The predicted molar refractivity (Wildman–Crippen MR) is 159 cm³/mol. The maximum absolute atomic E-state index is 6.49. The first-order valence-electron chi connectivity index (χ1n) is 13.0. The van der Waals surface area contributed by atoms with E-state index in [4.69, 9.17) is 13.8 Å². The monoisotopic (exact) mass is 502 g/mol. The van der Waals surface area contributed by atoms with Gasteiger partial charge in [-0.25, -0.2) is 4.98 Å². The normalized spacial score (nSPS) is 11.6. The smallest absolute Gasteiger partial charge is 0.227 e. The van der Waals surface area contributed by atoms with Crippen LogP contribution < -0.4 is 4.90 Å². The van der Waals surface area contributed by atoms with Crippen molar-refractivity contribution in [3.8, 4) is 11.5 Å². The van der Waals surface area contributed by atoms with Gasteiger partial charge in [0.2, 0.25) is 5.89 Å². The maximum Gasteiger partial charge on any atom is 0.227 e. The Labute approximate surface area is 224 Å². The van der Waals surface area contributed by atoms with Crippen LogP contribution in [0.2, 0.25) is 0 Å². The molecule has 184 valence electrons. The van der Waals surface area contributed by atoms with Crippen molar-refractivity contribution in [1.82, 2.24) is 4.98 Å². The van der Waals surface area contributed by atoms with Crippen molar-refractivity contribution in [2.45, 2.75) is 0 Å². The van der Waals surface area contributed by atoms with Crippen molar-refractivity contribution in [2.75, 3.05) is 4.90 Å². The molecule has 39 heavy (non-hydrogen) atoms. The maximum atomic E-state index is 6.49. The molecule has 0 fully saturated rings. The lowest BCUT2D eigenvalue weighted by Crippen LogP contribution is -2.10. The number of fused-ring (bicyclic) bond motifs is 6. The molecule has 0 aliphatic rings. The fourth-order valence-electron chi connectivity index (χ4n) is 5.45. The van der Waals surface area contributed by atoms with Crippen molar-refractivity contribution >= 4 is 60.9 Å². The molecule has 4 nitrogen and oxygen atoms in total. The molecule has 8 aromatic rings. The average Bonchev–Trinajstić information content (AvgIpc) is 3.61. The van der Waals surface area contributed by atoms with Gasteiger partial charge in [0.15, 0.2) is 5.58 Å². The second-order valence-electron chi connectivity index (χ2n) is 9.63. The number of hydrogen-bond acceptors (Lipinski definition) is 4. The molecule has 0 spiro atoms. The Bertz CT molecular complexity index is 2130. The zero-order chi connectivity index (χ0) is 25.8. The van der Waals surface area contributed by atoms with E-state index in [1.165, 1.54) is 0 Å². The molecule has 2 aromatic heterocycles. The third kappa shape index (κ3) is 3.50. The van der Waals surface area contributed by atoms with Crippen molar-refractivity contribution in [3.05, 3.63) is 133 Å². The van der Waals surface area contributed by atoms with E-state index in [1.807, 2.05) is 60.7 Å². The van der Waals surface area contributed by atoms with E-state index in [1.54, 1.807) is 0 Å². The zero-order valence-electron chi connectivity index (χ0n) is 20.9. The summed E-state index contributed by atoms with van der Waals surface area (Å²) in [5, 5.41) is 4.30. The number of anilines is 3. The summed E-state index contributed by atoms with van der Waals surface area (Å²) in [5.74, 6) is 0.604. The zero-order valence-corrected chi connectivity index (χ0v) is 20.9. The van der Waals surface area contributed by atoms with Crippen molar-refractivity contribution in [1.29, 1.82) is 0 Å². The van der Waals surface area contributed by atoms with Crippen LogP contribution in [0, 0.1) is 0 Å². The molecule has 0 N–H and O–H groups in total. The molecular formula is C35H22N2O2. The lowest BCUT2D eigenvalue weighted by Gasteiger charge is -2.26. The molecular weight excluding hydrogens is 480 g/mol. The van der Waals surface area contributed by atoms with Crippen LogP contribution in [0.15, 0.2) is 142 Å². The van der Waals surface area contributed by atoms with E-state index in [-0.39, 0.29) is 0 Å². The van der Waals surface area contributed by atoms with Crippen LogP contribution in [0.5, 0.6) is 0 Å². The number of para-hydroxylation sites is 2. The Balaban J connectivity index is 1.44. The number of oxazole rings is 1. The SMILES string of the molecule is c1ccc(-c2nc3c(N(c4ccccc4)c4ccc5oc6ccccc6c5c4)cc4ccccc4c3o2)cc1. The van der Waals surface area contributed by atoms with Gasteiger partial charge in [0.25, 0.3) is 0 Å². The largest absolute Gasteiger partial charge is 0.456 e. The molecule has 0 aliphatic heterocycles. The molecule has 0 saturated heterocycles.